The van der Waals surface area contributed by atoms with Crippen molar-refractivity contribution >= 4 is 21.6 Å². The molecule has 1 aliphatic carbocycles. The van der Waals surface area contributed by atoms with Crippen molar-refractivity contribution in [2.45, 2.75) is 44.3 Å². The maximum atomic E-state index is 10.8. The van der Waals surface area contributed by atoms with E-state index in [0.29, 0.717) is 5.92 Å². The summed E-state index contributed by atoms with van der Waals surface area (Å²) in [5, 5.41) is 20.3. The van der Waals surface area contributed by atoms with Crippen LogP contribution in [-0.2, 0) is 6.61 Å². The van der Waals surface area contributed by atoms with E-state index < -0.39 is 5.60 Å². The fourth-order valence-electron chi connectivity index (χ4n) is 3.75. The standard InChI is InChI=1S/C16H22BrNO2/c17-14-5-4-12(11-19)15(9-14)18-8-7-16(20)6-2-1-3-13(16)10-18/h4-5,9,13,19-20H,1-3,6-8,10-11H2. The van der Waals surface area contributed by atoms with Gasteiger partial charge in [0.05, 0.1) is 12.2 Å². The summed E-state index contributed by atoms with van der Waals surface area (Å²) >= 11 is 3.51. The quantitative estimate of drug-likeness (QED) is 0.870. The first-order valence-electron chi connectivity index (χ1n) is 7.49. The van der Waals surface area contributed by atoms with Crippen LogP contribution in [0.15, 0.2) is 22.7 Å². The molecular formula is C16H22BrNO2. The summed E-state index contributed by atoms with van der Waals surface area (Å²) in [5.41, 5.74) is 1.63. The summed E-state index contributed by atoms with van der Waals surface area (Å²) in [6, 6.07) is 6.02. The van der Waals surface area contributed by atoms with Gasteiger partial charge in [-0.15, -0.1) is 0 Å². The Morgan fingerprint density at radius 1 is 1.30 bits per heavy atom. The summed E-state index contributed by atoms with van der Waals surface area (Å²) in [7, 11) is 0. The van der Waals surface area contributed by atoms with Crippen LogP contribution in [0.2, 0.25) is 0 Å². The number of piperidine rings is 1. The highest BCUT2D eigenvalue weighted by Crippen LogP contribution is 2.41. The maximum Gasteiger partial charge on any atom is 0.0709 e. The lowest BCUT2D eigenvalue weighted by Crippen LogP contribution is -2.53. The van der Waals surface area contributed by atoms with Gasteiger partial charge >= 0.3 is 0 Å². The number of aliphatic hydroxyl groups excluding tert-OH is 1. The number of halogens is 1. The summed E-state index contributed by atoms with van der Waals surface area (Å²) in [4.78, 5) is 2.33. The Morgan fingerprint density at radius 2 is 2.15 bits per heavy atom. The molecule has 0 amide bonds. The molecule has 1 aliphatic heterocycles. The molecule has 2 N–H and O–H groups in total. The van der Waals surface area contributed by atoms with Crippen molar-refractivity contribution in [3.63, 3.8) is 0 Å². The van der Waals surface area contributed by atoms with Crippen molar-refractivity contribution < 1.29 is 10.2 Å². The number of fused-ring (bicyclic) bond motifs is 1. The largest absolute Gasteiger partial charge is 0.392 e. The second-order valence-electron chi connectivity index (χ2n) is 6.17. The number of aliphatic hydroxyl groups is 2. The molecule has 1 aromatic rings. The summed E-state index contributed by atoms with van der Waals surface area (Å²) in [6.45, 7) is 1.84. The Labute approximate surface area is 128 Å². The molecular weight excluding hydrogens is 318 g/mol. The Balaban J connectivity index is 1.84. The van der Waals surface area contributed by atoms with Gasteiger partial charge in [-0.1, -0.05) is 34.8 Å². The summed E-state index contributed by atoms with van der Waals surface area (Å²) in [5.74, 6) is 0.371. The van der Waals surface area contributed by atoms with Gasteiger partial charge in [-0.3, -0.25) is 0 Å². The van der Waals surface area contributed by atoms with Crippen LogP contribution in [0.25, 0.3) is 0 Å². The van der Waals surface area contributed by atoms with Gasteiger partial charge in [0.25, 0.3) is 0 Å². The first-order chi connectivity index (χ1) is 9.62. The molecule has 0 spiro atoms. The smallest absolute Gasteiger partial charge is 0.0709 e. The van der Waals surface area contributed by atoms with E-state index in [9.17, 15) is 10.2 Å². The van der Waals surface area contributed by atoms with Crippen LogP contribution in [0.3, 0.4) is 0 Å². The fraction of sp³-hybridized carbons (Fsp3) is 0.625. The van der Waals surface area contributed by atoms with Crippen LogP contribution in [0.5, 0.6) is 0 Å². The molecule has 2 atom stereocenters. The average Bonchev–Trinajstić information content (AvgIpc) is 2.46. The third-order valence-electron chi connectivity index (χ3n) is 4.99. The minimum absolute atomic E-state index is 0.0635. The van der Waals surface area contributed by atoms with E-state index in [1.165, 1.54) is 6.42 Å². The first kappa shape index (κ1) is 14.4. The number of anilines is 1. The van der Waals surface area contributed by atoms with Gasteiger partial charge in [0.1, 0.15) is 0 Å². The molecule has 20 heavy (non-hydrogen) atoms. The number of nitrogens with zero attached hydrogens (tertiary/aromatic N) is 1. The van der Waals surface area contributed by atoms with Gasteiger partial charge in [0, 0.05) is 34.7 Å². The molecule has 3 rings (SSSR count). The molecule has 1 saturated heterocycles. The molecule has 1 aromatic carbocycles. The Hall–Kier alpha value is -0.580. The predicted molar refractivity (Wildman–Crippen MR) is 83.8 cm³/mol. The van der Waals surface area contributed by atoms with Crippen LogP contribution in [-0.4, -0.2) is 28.9 Å². The molecule has 2 unspecified atom stereocenters. The van der Waals surface area contributed by atoms with E-state index in [2.05, 4.69) is 26.9 Å². The molecule has 3 nitrogen and oxygen atoms in total. The summed E-state index contributed by atoms with van der Waals surface area (Å²) in [6.07, 6.45) is 5.30. The third kappa shape index (κ3) is 2.61. The highest BCUT2D eigenvalue weighted by Gasteiger charge is 2.42. The molecule has 2 aliphatic rings. The zero-order valence-corrected chi connectivity index (χ0v) is 13.3. The lowest BCUT2D eigenvalue weighted by molar-refractivity contribution is -0.0612. The number of hydrogen-bond acceptors (Lipinski definition) is 3. The normalized spacial score (nSPS) is 30.1. The number of hydrogen-bond donors (Lipinski definition) is 2. The molecule has 1 heterocycles. The average molecular weight is 340 g/mol. The summed E-state index contributed by atoms with van der Waals surface area (Å²) < 4.78 is 1.04. The Bertz CT molecular complexity index is 493. The van der Waals surface area contributed by atoms with Crippen molar-refractivity contribution in [3.8, 4) is 0 Å². The minimum Gasteiger partial charge on any atom is -0.392 e. The highest BCUT2D eigenvalue weighted by molar-refractivity contribution is 9.10. The molecule has 4 heteroatoms. The molecule has 0 radical (unpaired) electrons. The van der Waals surface area contributed by atoms with Crippen LogP contribution in [0.1, 0.15) is 37.7 Å². The van der Waals surface area contributed by atoms with Crippen LogP contribution in [0, 0.1) is 5.92 Å². The van der Waals surface area contributed by atoms with Crippen molar-refractivity contribution in [1.29, 1.82) is 0 Å². The van der Waals surface area contributed by atoms with E-state index in [1.54, 1.807) is 0 Å². The zero-order chi connectivity index (χ0) is 14.2. The SMILES string of the molecule is OCc1ccc(Br)cc1N1CCC2(O)CCCCC2C1. The van der Waals surface area contributed by atoms with E-state index >= 15 is 0 Å². The molecule has 1 saturated carbocycles. The molecule has 2 fully saturated rings. The van der Waals surface area contributed by atoms with Gasteiger partial charge in [-0.25, -0.2) is 0 Å². The lowest BCUT2D eigenvalue weighted by Gasteiger charge is -2.48. The second-order valence-corrected chi connectivity index (χ2v) is 7.09. The van der Waals surface area contributed by atoms with Gasteiger partial charge in [0.15, 0.2) is 0 Å². The van der Waals surface area contributed by atoms with Crippen LogP contribution >= 0.6 is 15.9 Å². The van der Waals surface area contributed by atoms with E-state index in [-0.39, 0.29) is 6.61 Å². The molecule has 110 valence electrons. The fourth-order valence-corrected chi connectivity index (χ4v) is 4.10. The monoisotopic (exact) mass is 339 g/mol. The second kappa shape index (κ2) is 5.66. The van der Waals surface area contributed by atoms with E-state index in [0.717, 1.165) is 54.5 Å². The van der Waals surface area contributed by atoms with Gasteiger partial charge in [-0.2, -0.15) is 0 Å². The van der Waals surface area contributed by atoms with E-state index in [4.69, 9.17) is 0 Å². The molecule has 0 aromatic heterocycles. The molecule has 0 bridgehead atoms. The predicted octanol–water partition coefficient (Wildman–Crippen LogP) is 3.07. The van der Waals surface area contributed by atoms with Crippen molar-refractivity contribution in [3.05, 3.63) is 28.2 Å². The maximum absolute atomic E-state index is 10.8. The van der Waals surface area contributed by atoms with Gasteiger partial charge in [-0.05, 0) is 31.4 Å². The van der Waals surface area contributed by atoms with Gasteiger partial charge in [0.2, 0.25) is 0 Å². The van der Waals surface area contributed by atoms with Crippen molar-refractivity contribution in [1.82, 2.24) is 0 Å². The lowest BCUT2D eigenvalue weighted by atomic mass is 9.71. The van der Waals surface area contributed by atoms with Crippen molar-refractivity contribution in [2.75, 3.05) is 18.0 Å². The van der Waals surface area contributed by atoms with Crippen molar-refractivity contribution in [2.24, 2.45) is 5.92 Å². The number of rotatable bonds is 2. The first-order valence-corrected chi connectivity index (χ1v) is 8.28. The third-order valence-corrected chi connectivity index (χ3v) is 5.48. The Morgan fingerprint density at radius 3 is 2.95 bits per heavy atom. The minimum atomic E-state index is -0.444. The topological polar surface area (TPSA) is 43.7 Å². The van der Waals surface area contributed by atoms with E-state index in [1.807, 2.05) is 12.1 Å². The van der Waals surface area contributed by atoms with Crippen LogP contribution < -0.4 is 4.90 Å². The van der Waals surface area contributed by atoms with Crippen LogP contribution in [0.4, 0.5) is 5.69 Å². The number of benzene rings is 1. The van der Waals surface area contributed by atoms with Gasteiger partial charge < -0.3 is 15.1 Å². The Kier molecular flexibility index (Phi) is 4.07. The highest BCUT2D eigenvalue weighted by atomic mass is 79.9. The zero-order valence-electron chi connectivity index (χ0n) is 11.7.